The van der Waals surface area contributed by atoms with Crippen LogP contribution in [0.15, 0.2) is 61.2 Å². The van der Waals surface area contributed by atoms with Gasteiger partial charge in [0.05, 0.1) is 19.5 Å². The molecule has 4 heterocycles. The normalized spacial score (nSPS) is 22.4. The van der Waals surface area contributed by atoms with Crippen LogP contribution in [0.2, 0.25) is 5.28 Å². The van der Waals surface area contributed by atoms with E-state index in [1.54, 1.807) is 42.7 Å². The third-order valence-electron chi connectivity index (χ3n) is 7.35. The second kappa shape index (κ2) is 13.1. The van der Waals surface area contributed by atoms with Crippen molar-refractivity contribution in [2.24, 2.45) is 0 Å². The quantitative estimate of drug-likeness (QED) is 0.0762. The van der Waals surface area contributed by atoms with E-state index in [1.165, 1.54) is 17.8 Å². The number of fused-ring (bicyclic) bond motifs is 1. The highest BCUT2D eigenvalue weighted by Gasteiger charge is 2.58. The monoisotopic (exact) mass is 636 g/mol. The summed E-state index contributed by atoms with van der Waals surface area (Å²) < 4.78 is 18.1. The van der Waals surface area contributed by atoms with Crippen molar-refractivity contribution in [2.75, 3.05) is 18.5 Å². The number of imidazole rings is 1. The number of carbonyl (C=O) groups is 2. The van der Waals surface area contributed by atoms with Crippen LogP contribution in [0, 0.1) is 12.3 Å². The first-order valence-corrected chi connectivity index (χ1v) is 14.2. The molecule has 1 saturated heterocycles. The summed E-state index contributed by atoms with van der Waals surface area (Å²) in [5.41, 5.74) is -3.09. The van der Waals surface area contributed by atoms with Gasteiger partial charge in [0.1, 0.15) is 12.2 Å². The van der Waals surface area contributed by atoms with Crippen molar-refractivity contribution in [2.45, 2.75) is 49.5 Å². The fourth-order valence-corrected chi connectivity index (χ4v) is 5.12. The Balaban J connectivity index is 1.43. The molecule has 5 rings (SSSR count). The Bertz CT molecular complexity index is 1720. The van der Waals surface area contributed by atoms with Crippen LogP contribution in [0.5, 0.6) is 0 Å². The number of aliphatic hydroxyl groups is 2. The maximum Gasteiger partial charge on any atom is 0.350 e. The van der Waals surface area contributed by atoms with E-state index in [-0.39, 0.29) is 23.1 Å². The topological polar surface area (TPSA) is 191 Å². The summed E-state index contributed by atoms with van der Waals surface area (Å²) in [5, 5.41) is 35.9. The van der Waals surface area contributed by atoms with Gasteiger partial charge in [0, 0.05) is 25.4 Å². The number of aliphatic carboxylic acids is 1. The summed E-state index contributed by atoms with van der Waals surface area (Å²) in [4.78, 5) is 42.4. The number of hydrogen-bond donors (Lipinski definition) is 4. The fraction of sp³-hybridized carbons (Fsp3) is 0.333. The number of nitrogens with zero attached hydrogens (tertiary/aromatic N) is 5. The van der Waals surface area contributed by atoms with E-state index >= 15 is 0 Å². The van der Waals surface area contributed by atoms with E-state index < -0.39 is 54.6 Å². The van der Waals surface area contributed by atoms with E-state index in [1.807, 2.05) is 12.1 Å². The number of halogens is 1. The first-order chi connectivity index (χ1) is 21.6. The number of carboxylic acid groups (broad SMARTS) is 1. The van der Waals surface area contributed by atoms with Crippen LogP contribution in [0.3, 0.4) is 0 Å². The molecule has 3 aromatic heterocycles. The van der Waals surface area contributed by atoms with Crippen LogP contribution < -0.4 is 5.32 Å². The first kappa shape index (κ1) is 31.8. The van der Waals surface area contributed by atoms with Crippen LogP contribution in [0.25, 0.3) is 11.2 Å². The molecule has 1 aliphatic heterocycles. The second-order valence-corrected chi connectivity index (χ2v) is 10.5. The van der Waals surface area contributed by atoms with Crippen molar-refractivity contribution in [1.29, 1.82) is 0 Å². The lowest BCUT2D eigenvalue weighted by molar-refractivity contribution is -0.194. The van der Waals surface area contributed by atoms with Crippen molar-refractivity contribution in [3.8, 4) is 12.3 Å². The van der Waals surface area contributed by atoms with Gasteiger partial charge in [-0.2, -0.15) is 9.97 Å². The zero-order chi connectivity index (χ0) is 32.2. The van der Waals surface area contributed by atoms with E-state index in [4.69, 9.17) is 32.2 Å². The molecule has 4 aromatic rings. The number of esters is 1. The standard InChI is InChI=1S/C30H29ClN6O8/c1-3-29(42)20(16-44-30(26(39)40,27(41)43-4-2)14-18-8-6-5-7-9-18)45-25(22(29)38)37-17-34-21-23(35-28(31)36-24(21)37)33-15-19-10-12-32-13-11-19/h1,5-13,17,20,22,25,38,42H,4,14-16H2,2H3,(H,39,40)(H,33,35,36)/t20-,22+,25-,29-,30?/m1/s1. The van der Waals surface area contributed by atoms with Gasteiger partial charge in [0.15, 0.2) is 28.8 Å². The van der Waals surface area contributed by atoms with E-state index in [0.717, 1.165) is 5.56 Å². The van der Waals surface area contributed by atoms with Gasteiger partial charge in [0.25, 0.3) is 5.60 Å². The number of aliphatic hydroxyl groups excluding tert-OH is 1. The second-order valence-electron chi connectivity index (χ2n) is 10.1. The lowest BCUT2D eigenvalue weighted by Crippen LogP contribution is -2.55. The van der Waals surface area contributed by atoms with E-state index in [0.29, 0.717) is 17.9 Å². The molecule has 5 atom stereocenters. The minimum atomic E-state index is -2.52. The number of terminal acetylenes is 1. The average Bonchev–Trinajstić information content (AvgIpc) is 3.57. The Hall–Kier alpha value is -4.65. The van der Waals surface area contributed by atoms with Crippen molar-refractivity contribution in [3.63, 3.8) is 0 Å². The van der Waals surface area contributed by atoms with Crippen LogP contribution in [0.1, 0.15) is 24.3 Å². The third-order valence-corrected chi connectivity index (χ3v) is 7.52. The number of aromatic nitrogens is 5. The van der Waals surface area contributed by atoms with Gasteiger partial charge in [-0.1, -0.05) is 36.3 Å². The van der Waals surface area contributed by atoms with Crippen LogP contribution in [0.4, 0.5) is 5.82 Å². The van der Waals surface area contributed by atoms with Gasteiger partial charge in [-0.25, -0.2) is 14.6 Å². The minimum absolute atomic E-state index is 0.113. The summed E-state index contributed by atoms with van der Waals surface area (Å²) in [6.07, 6.45) is 5.21. The predicted octanol–water partition coefficient (Wildman–Crippen LogP) is 1.76. The smallest absolute Gasteiger partial charge is 0.350 e. The predicted molar refractivity (Wildman–Crippen MR) is 159 cm³/mol. The summed E-state index contributed by atoms with van der Waals surface area (Å²) in [5.74, 6) is -0.344. The van der Waals surface area contributed by atoms with E-state index in [2.05, 4.69) is 31.2 Å². The molecule has 0 bridgehead atoms. The molecular weight excluding hydrogens is 608 g/mol. The number of anilines is 1. The molecule has 0 saturated carbocycles. The van der Waals surface area contributed by atoms with Crippen molar-refractivity contribution >= 4 is 40.5 Å². The molecule has 0 radical (unpaired) electrons. The molecule has 1 aromatic carbocycles. The van der Waals surface area contributed by atoms with Gasteiger partial charge in [-0.3, -0.25) is 9.55 Å². The molecule has 0 amide bonds. The summed E-state index contributed by atoms with van der Waals surface area (Å²) in [7, 11) is 0. The Morgan fingerprint density at radius 2 is 1.93 bits per heavy atom. The summed E-state index contributed by atoms with van der Waals surface area (Å²) in [6, 6.07) is 12.0. The van der Waals surface area contributed by atoms with Gasteiger partial charge < -0.3 is 34.8 Å². The molecule has 0 spiro atoms. The fourth-order valence-electron chi connectivity index (χ4n) is 4.96. The highest BCUT2D eigenvalue weighted by Crippen LogP contribution is 2.39. The molecule has 0 aliphatic carbocycles. The summed E-state index contributed by atoms with van der Waals surface area (Å²) in [6.45, 7) is 1.06. The number of carbonyl (C=O) groups excluding carboxylic acids is 1. The zero-order valence-electron chi connectivity index (χ0n) is 23.9. The van der Waals surface area contributed by atoms with Crippen LogP contribution in [-0.4, -0.2) is 88.4 Å². The van der Waals surface area contributed by atoms with Crippen LogP contribution >= 0.6 is 11.6 Å². The molecule has 15 heteroatoms. The molecule has 1 aliphatic rings. The van der Waals surface area contributed by atoms with Crippen molar-refractivity contribution in [1.82, 2.24) is 24.5 Å². The maximum absolute atomic E-state index is 13.0. The third kappa shape index (κ3) is 6.17. The van der Waals surface area contributed by atoms with E-state index in [9.17, 15) is 24.9 Å². The number of pyridine rings is 1. The lowest BCUT2D eigenvalue weighted by atomic mass is 9.92. The molecular formula is C30H29ClN6O8. The Kier molecular flexibility index (Phi) is 9.28. The summed E-state index contributed by atoms with van der Waals surface area (Å²) >= 11 is 6.22. The van der Waals surface area contributed by atoms with Gasteiger partial charge in [0.2, 0.25) is 5.28 Å². The number of carboxylic acids is 1. The zero-order valence-corrected chi connectivity index (χ0v) is 24.7. The number of hydrogen-bond acceptors (Lipinski definition) is 12. The van der Waals surface area contributed by atoms with Crippen molar-refractivity contribution < 1.29 is 39.1 Å². The molecule has 4 N–H and O–H groups in total. The highest BCUT2D eigenvalue weighted by molar-refractivity contribution is 6.28. The highest BCUT2D eigenvalue weighted by atomic mass is 35.5. The Morgan fingerprint density at radius 1 is 1.20 bits per heavy atom. The Labute approximate surface area is 262 Å². The lowest BCUT2D eigenvalue weighted by Gasteiger charge is -2.31. The molecule has 1 unspecified atom stereocenters. The molecule has 45 heavy (non-hydrogen) atoms. The number of benzene rings is 1. The Morgan fingerprint density at radius 3 is 2.60 bits per heavy atom. The number of rotatable bonds is 12. The van der Waals surface area contributed by atoms with Gasteiger partial charge in [-0.05, 0) is 41.8 Å². The number of ether oxygens (including phenoxy) is 3. The maximum atomic E-state index is 13.0. The molecule has 1 fully saturated rings. The van der Waals surface area contributed by atoms with Crippen molar-refractivity contribution in [3.05, 3.63) is 77.6 Å². The van der Waals surface area contributed by atoms with Gasteiger partial charge in [-0.15, -0.1) is 6.42 Å². The first-order valence-electron chi connectivity index (χ1n) is 13.8. The van der Waals surface area contributed by atoms with Gasteiger partial charge >= 0.3 is 11.9 Å². The molecule has 14 nitrogen and oxygen atoms in total. The molecule has 234 valence electrons. The minimum Gasteiger partial charge on any atom is -0.479 e. The average molecular weight is 637 g/mol. The van der Waals surface area contributed by atoms with Crippen LogP contribution in [-0.2, 0) is 36.8 Å². The number of nitrogens with one attached hydrogen (secondary N) is 1. The largest absolute Gasteiger partial charge is 0.479 e. The SMILES string of the molecule is C#C[C@@]1(O)[C@@H](COC(Cc2ccccc2)(C(=O)O)C(=O)OCC)O[C@@H](n2cnc3c(NCc4ccncc4)nc(Cl)nc32)[C@@H]1O.